The van der Waals surface area contributed by atoms with E-state index in [0.29, 0.717) is 33.5 Å². The van der Waals surface area contributed by atoms with Gasteiger partial charge in [0.15, 0.2) is 11.6 Å². The Morgan fingerprint density at radius 2 is 2.05 bits per heavy atom. The van der Waals surface area contributed by atoms with Gasteiger partial charge in [0.2, 0.25) is 11.0 Å². The molecule has 0 bridgehead atoms. The highest BCUT2D eigenvalue weighted by atomic mass is 35.5. The summed E-state index contributed by atoms with van der Waals surface area (Å²) in [6.45, 7) is 1.97. The molecule has 0 spiro atoms. The van der Waals surface area contributed by atoms with Gasteiger partial charge in [-0.15, -0.1) is 10.2 Å². The van der Waals surface area contributed by atoms with Crippen molar-refractivity contribution in [2.75, 3.05) is 5.84 Å². The van der Waals surface area contributed by atoms with Gasteiger partial charge in [0.05, 0.1) is 5.75 Å². The highest BCUT2D eigenvalue weighted by molar-refractivity contribution is 7.98. The first-order chi connectivity index (χ1) is 10.7. The Labute approximate surface area is 135 Å². The second-order valence-corrected chi connectivity index (χ2v) is 5.81. The van der Waals surface area contributed by atoms with Gasteiger partial charge in [0, 0.05) is 17.0 Å². The quantitative estimate of drug-likeness (QED) is 0.565. The maximum atomic E-state index is 6.04. The molecule has 0 aliphatic carbocycles. The number of nitrogen functional groups attached to an aromatic ring is 1. The van der Waals surface area contributed by atoms with E-state index in [1.807, 2.05) is 19.1 Å². The van der Waals surface area contributed by atoms with Gasteiger partial charge in [-0.2, -0.15) is 4.98 Å². The lowest BCUT2D eigenvalue weighted by Gasteiger charge is -2.02. The van der Waals surface area contributed by atoms with Crippen molar-refractivity contribution >= 4 is 23.4 Å². The average Bonchev–Trinajstić information content (AvgIpc) is 3.13. The highest BCUT2D eigenvalue weighted by Gasteiger charge is 2.14. The number of aryl methyl sites for hydroxylation is 1. The number of nitrogens with zero attached hydrogens (tertiary/aromatic N) is 5. The zero-order chi connectivity index (χ0) is 15.5. The zero-order valence-electron chi connectivity index (χ0n) is 11.7. The third-order valence-electron chi connectivity index (χ3n) is 2.92. The van der Waals surface area contributed by atoms with Gasteiger partial charge in [0.1, 0.15) is 0 Å². The molecule has 0 saturated heterocycles. The van der Waals surface area contributed by atoms with E-state index in [1.165, 1.54) is 16.4 Å². The molecular formula is C13H13ClN6OS. The third kappa shape index (κ3) is 3.07. The van der Waals surface area contributed by atoms with Crippen LogP contribution in [-0.2, 0) is 12.2 Å². The van der Waals surface area contributed by atoms with Crippen molar-refractivity contribution in [2.24, 2.45) is 0 Å². The fourth-order valence-corrected chi connectivity index (χ4v) is 2.61. The van der Waals surface area contributed by atoms with Crippen LogP contribution in [0.5, 0.6) is 0 Å². The molecular weight excluding hydrogens is 324 g/mol. The van der Waals surface area contributed by atoms with E-state index >= 15 is 0 Å². The van der Waals surface area contributed by atoms with Crippen LogP contribution < -0.4 is 5.84 Å². The van der Waals surface area contributed by atoms with Crippen molar-refractivity contribution in [3.05, 3.63) is 41.0 Å². The molecule has 0 aliphatic rings. The van der Waals surface area contributed by atoms with Crippen molar-refractivity contribution in [1.82, 2.24) is 25.0 Å². The molecule has 7 nitrogen and oxygen atoms in total. The van der Waals surface area contributed by atoms with E-state index in [0.717, 1.165) is 12.0 Å². The number of hydrogen-bond donors (Lipinski definition) is 1. The lowest BCUT2D eigenvalue weighted by molar-refractivity contribution is 0.385. The van der Waals surface area contributed by atoms with Crippen LogP contribution in [0.1, 0.15) is 18.6 Å². The van der Waals surface area contributed by atoms with Gasteiger partial charge >= 0.3 is 0 Å². The lowest BCUT2D eigenvalue weighted by atomic mass is 10.2. The molecule has 9 heteroatoms. The molecule has 0 radical (unpaired) electrons. The monoisotopic (exact) mass is 336 g/mol. The Kier molecular flexibility index (Phi) is 4.30. The molecule has 2 N–H and O–H groups in total. The van der Waals surface area contributed by atoms with Crippen molar-refractivity contribution in [3.63, 3.8) is 0 Å². The van der Waals surface area contributed by atoms with Crippen molar-refractivity contribution < 1.29 is 4.52 Å². The molecule has 0 atom stereocenters. The number of nitrogens with two attached hydrogens (primary N) is 1. The molecule has 1 aromatic carbocycles. The normalized spacial score (nSPS) is 11.0. The number of thioether (sulfide) groups is 1. The Hall–Kier alpha value is -2.06. The molecule has 2 aromatic heterocycles. The molecule has 2 heterocycles. The van der Waals surface area contributed by atoms with Crippen LogP contribution in [0.3, 0.4) is 0 Å². The number of aromatic nitrogens is 5. The standard InChI is InChI=1S/C13H13ClN6OS/c1-2-10-16-11(21-19-10)7-22-13-18-17-12(20(13)15)8-3-5-9(14)6-4-8/h3-6H,2,7,15H2,1H3. The van der Waals surface area contributed by atoms with Gasteiger partial charge in [-0.1, -0.05) is 35.4 Å². The van der Waals surface area contributed by atoms with E-state index in [2.05, 4.69) is 20.3 Å². The molecule has 0 aliphatic heterocycles. The SMILES string of the molecule is CCc1noc(CSc2nnc(-c3ccc(Cl)cc3)n2N)n1. The fourth-order valence-electron chi connectivity index (χ4n) is 1.79. The van der Waals surface area contributed by atoms with Crippen LogP contribution in [0.15, 0.2) is 33.9 Å². The summed E-state index contributed by atoms with van der Waals surface area (Å²) in [6.07, 6.45) is 0.738. The van der Waals surface area contributed by atoms with Crippen molar-refractivity contribution in [3.8, 4) is 11.4 Å². The third-order valence-corrected chi connectivity index (χ3v) is 4.10. The number of benzene rings is 1. The molecule has 3 rings (SSSR count). The van der Waals surface area contributed by atoms with Crippen molar-refractivity contribution in [2.45, 2.75) is 24.3 Å². The van der Waals surface area contributed by atoms with E-state index in [4.69, 9.17) is 22.0 Å². The van der Waals surface area contributed by atoms with Gasteiger partial charge in [-0.05, 0) is 24.3 Å². The first-order valence-corrected chi connectivity index (χ1v) is 7.94. The van der Waals surface area contributed by atoms with E-state index in [1.54, 1.807) is 12.1 Å². The summed E-state index contributed by atoms with van der Waals surface area (Å²) < 4.78 is 6.56. The van der Waals surface area contributed by atoms with E-state index in [9.17, 15) is 0 Å². The smallest absolute Gasteiger partial charge is 0.237 e. The number of halogens is 1. The van der Waals surface area contributed by atoms with Crippen LogP contribution >= 0.6 is 23.4 Å². The minimum atomic E-state index is 0.489. The van der Waals surface area contributed by atoms with Crippen LogP contribution in [0.4, 0.5) is 0 Å². The molecule has 0 unspecified atom stereocenters. The van der Waals surface area contributed by atoms with Gasteiger partial charge in [-0.3, -0.25) is 0 Å². The summed E-state index contributed by atoms with van der Waals surface area (Å²) in [5.41, 5.74) is 0.845. The van der Waals surface area contributed by atoms with E-state index < -0.39 is 0 Å². The largest absolute Gasteiger partial charge is 0.338 e. The van der Waals surface area contributed by atoms with Crippen LogP contribution in [0.2, 0.25) is 5.02 Å². The van der Waals surface area contributed by atoms with Crippen molar-refractivity contribution in [1.29, 1.82) is 0 Å². The summed E-state index contributed by atoms with van der Waals surface area (Å²) in [7, 11) is 0. The Balaban J connectivity index is 1.74. The summed E-state index contributed by atoms with van der Waals surface area (Å²) >= 11 is 7.26. The fraction of sp³-hybridized carbons (Fsp3) is 0.231. The topological polar surface area (TPSA) is 95.7 Å². The van der Waals surface area contributed by atoms with Crippen LogP contribution in [-0.4, -0.2) is 25.0 Å². The Bertz CT molecular complexity index is 769. The molecule has 3 aromatic rings. The minimum Gasteiger partial charge on any atom is -0.338 e. The number of hydrogen-bond acceptors (Lipinski definition) is 7. The highest BCUT2D eigenvalue weighted by Crippen LogP contribution is 2.24. The summed E-state index contributed by atoms with van der Waals surface area (Å²) in [5.74, 6) is 8.32. The summed E-state index contributed by atoms with van der Waals surface area (Å²) in [5, 5.41) is 13.3. The second-order valence-electron chi connectivity index (χ2n) is 4.43. The maximum Gasteiger partial charge on any atom is 0.237 e. The minimum absolute atomic E-state index is 0.489. The summed E-state index contributed by atoms with van der Waals surface area (Å²) in [6, 6.07) is 7.25. The molecule has 0 saturated carbocycles. The lowest BCUT2D eigenvalue weighted by Crippen LogP contribution is -2.11. The Morgan fingerprint density at radius 1 is 1.27 bits per heavy atom. The maximum absolute atomic E-state index is 6.04. The first kappa shape index (κ1) is 14.9. The number of rotatable bonds is 5. The first-order valence-electron chi connectivity index (χ1n) is 6.58. The second kappa shape index (κ2) is 6.37. The van der Waals surface area contributed by atoms with Crippen LogP contribution in [0, 0.1) is 0 Å². The van der Waals surface area contributed by atoms with Gasteiger partial charge in [0.25, 0.3) is 0 Å². The average molecular weight is 337 g/mol. The predicted octanol–water partition coefficient (Wildman–Crippen LogP) is 2.55. The predicted molar refractivity (Wildman–Crippen MR) is 83.9 cm³/mol. The molecule has 114 valence electrons. The molecule has 22 heavy (non-hydrogen) atoms. The van der Waals surface area contributed by atoms with E-state index in [-0.39, 0.29) is 0 Å². The van der Waals surface area contributed by atoms with Gasteiger partial charge in [-0.25, -0.2) is 4.68 Å². The summed E-state index contributed by atoms with van der Waals surface area (Å²) in [4.78, 5) is 4.24. The Morgan fingerprint density at radius 3 is 2.73 bits per heavy atom. The van der Waals surface area contributed by atoms with Gasteiger partial charge < -0.3 is 10.4 Å². The molecule has 0 amide bonds. The van der Waals surface area contributed by atoms with Crippen LogP contribution in [0.25, 0.3) is 11.4 Å². The zero-order valence-corrected chi connectivity index (χ0v) is 13.3. The molecule has 0 fully saturated rings.